The molecule has 0 heterocycles. The lowest BCUT2D eigenvalue weighted by Crippen LogP contribution is -1.97. The van der Waals surface area contributed by atoms with Crippen LogP contribution in [0.1, 0.15) is 13.8 Å². The second kappa shape index (κ2) is 2.69. The van der Waals surface area contributed by atoms with Crippen LogP contribution >= 0.6 is 0 Å². The van der Waals surface area contributed by atoms with E-state index in [1.54, 1.807) is 0 Å². The van der Waals surface area contributed by atoms with Crippen molar-refractivity contribution in [3.63, 3.8) is 0 Å². The molecule has 0 bridgehead atoms. The Morgan fingerprint density at radius 1 is 1.00 bits per heavy atom. The molecule has 0 fully saturated rings. The second-order valence-electron chi connectivity index (χ2n) is 2.54. The molecule has 1 rings (SSSR count). The fourth-order valence-corrected chi connectivity index (χ4v) is 0.663. The molecule has 0 saturated heterocycles. The summed E-state index contributed by atoms with van der Waals surface area (Å²) < 4.78 is 0. The summed E-state index contributed by atoms with van der Waals surface area (Å²) in [6.45, 7) is 4.38. The van der Waals surface area contributed by atoms with E-state index in [-0.39, 0.29) is 23.1 Å². The predicted octanol–water partition coefficient (Wildman–Crippen LogP) is 1.76. The molecule has 0 saturated carbocycles. The van der Waals surface area contributed by atoms with Crippen molar-refractivity contribution in [3.8, 4) is 0 Å². The zero-order valence-corrected chi connectivity index (χ0v) is 6.93. The van der Waals surface area contributed by atoms with Gasteiger partial charge in [0.25, 0.3) is 0 Å². The molecule has 0 unspecified atom stereocenters. The molecule has 1 aliphatic rings. The van der Waals surface area contributed by atoms with Crippen molar-refractivity contribution in [2.45, 2.75) is 13.8 Å². The minimum Gasteiger partial charge on any atom is -0.0751 e. The molecule has 0 atom stereocenters. The van der Waals surface area contributed by atoms with Crippen LogP contribution in [0.2, 0.25) is 0 Å². The fourth-order valence-electron chi connectivity index (χ4n) is 0.663. The van der Waals surface area contributed by atoms with Crippen molar-refractivity contribution < 1.29 is 0 Å². The van der Waals surface area contributed by atoms with Crippen LogP contribution in [0, 0.1) is 5.41 Å². The lowest BCUT2D eigenvalue weighted by atomic mass is 9.97. The minimum absolute atomic E-state index is 0. The smallest absolute Gasteiger partial charge is 0.00106 e. The van der Waals surface area contributed by atoms with Gasteiger partial charge in [0, 0.05) is 28.5 Å². The normalized spacial score (nSPS) is 20.8. The molecule has 0 N–H and O–H groups in total. The Kier molecular flexibility index (Phi) is 2.78. The van der Waals surface area contributed by atoms with Crippen molar-refractivity contribution in [2.75, 3.05) is 0 Å². The molecule has 0 aromatic heterocycles. The molecular formula is C7H10Mg. The lowest BCUT2D eigenvalue weighted by Gasteiger charge is -2.08. The van der Waals surface area contributed by atoms with Gasteiger partial charge in [-0.15, -0.1) is 0 Å². The molecule has 0 aromatic carbocycles. The molecular weight excluding hydrogens is 108 g/mol. The number of rotatable bonds is 0. The first-order valence-corrected chi connectivity index (χ1v) is 2.58. The van der Waals surface area contributed by atoms with Crippen LogP contribution in [0.3, 0.4) is 0 Å². The summed E-state index contributed by atoms with van der Waals surface area (Å²) in [6, 6.07) is 0. The average molecular weight is 118 g/mol. The first-order valence-electron chi connectivity index (χ1n) is 2.58. The quantitative estimate of drug-likeness (QED) is 0.425. The average Bonchev–Trinajstić information content (AvgIpc) is 1.84. The standard InChI is InChI=1S/C7H10.Mg/c1-7(2)5-3-4-6-7;/h3-6H,1-2H3;. The molecule has 0 aliphatic heterocycles. The third-order valence-corrected chi connectivity index (χ3v) is 1.16. The molecule has 0 aromatic rings. The third kappa shape index (κ3) is 2.01. The first kappa shape index (κ1) is 8.25. The predicted molar refractivity (Wildman–Crippen MR) is 37.8 cm³/mol. The molecule has 8 heavy (non-hydrogen) atoms. The first-order chi connectivity index (χ1) is 3.21. The molecule has 1 heteroatoms. The van der Waals surface area contributed by atoms with Gasteiger partial charge in [0.05, 0.1) is 0 Å². The Hall–Kier alpha value is 0.246. The Morgan fingerprint density at radius 2 is 1.38 bits per heavy atom. The van der Waals surface area contributed by atoms with E-state index in [1.165, 1.54) is 0 Å². The van der Waals surface area contributed by atoms with E-state index in [9.17, 15) is 0 Å². The van der Waals surface area contributed by atoms with Gasteiger partial charge in [-0.1, -0.05) is 38.2 Å². The van der Waals surface area contributed by atoms with Crippen LogP contribution < -0.4 is 0 Å². The third-order valence-electron chi connectivity index (χ3n) is 1.16. The van der Waals surface area contributed by atoms with Gasteiger partial charge in [0.1, 0.15) is 0 Å². The van der Waals surface area contributed by atoms with Crippen LogP contribution in [0.5, 0.6) is 0 Å². The maximum absolute atomic E-state index is 2.19. The molecule has 40 valence electrons. The van der Waals surface area contributed by atoms with E-state index >= 15 is 0 Å². The Labute approximate surface area is 66.8 Å². The van der Waals surface area contributed by atoms with Gasteiger partial charge in [0.15, 0.2) is 0 Å². The highest BCUT2D eigenvalue weighted by Gasteiger charge is 2.09. The summed E-state index contributed by atoms with van der Waals surface area (Å²) in [4.78, 5) is 0. The van der Waals surface area contributed by atoms with Crippen LogP contribution in [0.15, 0.2) is 24.3 Å². The maximum atomic E-state index is 2.19. The largest absolute Gasteiger partial charge is 0.0751 e. The lowest BCUT2D eigenvalue weighted by molar-refractivity contribution is 0.636. The zero-order chi connectivity index (χ0) is 5.33. The van der Waals surface area contributed by atoms with Gasteiger partial charge in [-0.3, -0.25) is 0 Å². The van der Waals surface area contributed by atoms with E-state index in [1.807, 2.05) is 0 Å². The molecule has 0 nitrogen and oxygen atoms in total. The number of hydrogen-bond acceptors (Lipinski definition) is 0. The summed E-state index contributed by atoms with van der Waals surface area (Å²) >= 11 is 0. The Morgan fingerprint density at radius 3 is 1.50 bits per heavy atom. The Balaban J connectivity index is 0.000000490. The van der Waals surface area contributed by atoms with E-state index in [0.29, 0.717) is 5.41 Å². The van der Waals surface area contributed by atoms with Crippen molar-refractivity contribution >= 4 is 23.1 Å². The number of hydrogen-bond donors (Lipinski definition) is 0. The Bertz CT molecular complexity index is 106. The van der Waals surface area contributed by atoms with Crippen LogP contribution in [-0.2, 0) is 0 Å². The number of allylic oxidation sites excluding steroid dienone is 4. The van der Waals surface area contributed by atoms with Crippen LogP contribution in [0.25, 0.3) is 0 Å². The maximum Gasteiger partial charge on any atom is 0.00106 e. The second-order valence-corrected chi connectivity index (χ2v) is 2.54. The molecule has 2 radical (unpaired) electrons. The summed E-state index contributed by atoms with van der Waals surface area (Å²) in [5.41, 5.74) is 0.333. The summed E-state index contributed by atoms with van der Waals surface area (Å²) in [5, 5.41) is 0. The molecule has 0 amide bonds. The highest BCUT2D eigenvalue weighted by Crippen LogP contribution is 2.22. The topological polar surface area (TPSA) is 0 Å². The van der Waals surface area contributed by atoms with Crippen LogP contribution in [0.4, 0.5) is 0 Å². The highest BCUT2D eigenvalue weighted by molar-refractivity contribution is 5.75. The van der Waals surface area contributed by atoms with Crippen molar-refractivity contribution in [3.05, 3.63) is 24.3 Å². The molecule has 1 aliphatic carbocycles. The van der Waals surface area contributed by atoms with Gasteiger partial charge in [-0.05, 0) is 0 Å². The van der Waals surface area contributed by atoms with Crippen molar-refractivity contribution in [2.24, 2.45) is 5.41 Å². The summed E-state index contributed by atoms with van der Waals surface area (Å²) in [6.07, 6.45) is 8.54. The van der Waals surface area contributed by atoms with E-state index in [2.05, 4.69) is 38.2 Å². The zero-order valence-electron chi connectivity index (χ0n) is 5.52. The van der Waals surface area contributed by atoms with E-state index < -0.39 is 0 Å². The van der Waals surface area contributed by atoms with Gasteiger partial charge in [-0.2, -0.15) is 0 Å². The van der Waals surface area contributed by atoms with Crippen molar-refractivity contribution in [1.29, 1.82) is 0 Å². The van der Waals surface area contributed by atoms with Crippen LogP contribution in [-0.4, -0.2) is 23.1 Å². The fraction of sp³-hybridized carbons (Fsp3) is 0.429. The van der Waals surface area contributed by atoms with E-state index in [4.69, 9.17) is 0 Å². The summed E-state index contributed by atoms with van der Waals surface area (Å²) in [7, 11) is 0. The SMILES string of the molecule is CC1(C)C=CC=C1.[Mg]. The van der Waals surface area contributed by atoms with E-state index in [0.717, 1.165) is 0 Å². The van der Waals surface area contributed by atoms with Gasteiger partial charge in [-0.25, -0.2) is 0 Å². The molecule has 0 spiro atoms. The van der Waals surface area contributed by atoms with Gasteiger partial charge in [0.2, 0.25) is 0 Å². The monoisotopic (exact) mass is 118 g/mol. The van der Waals surface area contributed by atoms with Gasteiger partial charge < -0.3 is 0 Å². The summed E-state index contributed by atoms with van der Waals surface area (Å²) in [5.74, 6) is 0. The highest BCUT2D eigenvalue weighted by atomic mass is 24.3. The van der Waals surface area contributed by atoms with Crippen molar-refractivity contribution in [1.82, 2.24) is 0 Å². The minimum atomic E-state index is 0. The van der Waals surface area contributed by atoms with Gasteiger partial charge >= 0.3 is 0 Å².